The van der Waals surface area contributed by atoms with Gasteiger partial charge in [0.05, 0.1) is 22.0 Å². The highest BCUT2D eigenvalue weighted by molar-refractivity contribution is 7.86. The average Bonchev–Trinajstić information content (AvgIpc) is 3.42. The molecule has 0 bridgehead atoms. The Hall–Kier alpha value is -4.18. The predicted octanol–water partition coefficient (Wildman–Crippen LogP) is 5.51. The van der Waals surface area contributed by atoms with E-state index in [9.17, 15) is 16.8 Å². The van der Waals surface area contributed by atoms with E-state index in [1.54, 1.807) is 36.4 Å². The molecule has 0 aliphatic carbocycles. The van der Waals surface area contributed by atoms with Crippen LogP contribution in [0.15, 0.2) is 113 Å². The van der Waals surface area contributed by atoms with Crippen LogP contribution in [0.3, 0.4) is 0 Å². The van der Waals surface area contributed by atoms with Crippen molar-refractivity contribution >= 4 is 37.7 Å². The van der Waals surface area contributed by atoms with Crippen LogP contribution in [0.25, 0.3) is 5.69 Å². The minimum atomic E-state index is -4.00. The van der Waals surface area contributed by atoms with E-state index in [0.717, 1.165) is 67.2 Å². The normalized spacial score (nSPS) is 15.1. The summed E-state index contributed by atoms with van der Waals surface area (Å²) in [5, 5.41) is 9.96. The fourth-order valence-corrected chi connectivity index (χ4v) is 6.74. The standard InChI is InChI=1S/C21H23ClN6.2C6H6O3S/c1-26-13-16-12-17(22)5-6-18(16)28-20(14-26)24-25-21(28)15-7-10-27(11-8-15)19-4-2-3-9-23-19;2*7-10(8,9)6-4-2-1-3-5-6/h2-6,9,12,15H,7-8,10-11,13-14H2,1H3;2*1-5H,(H,7,8,9). The van der Waals surface area contributed by atoms with Crippen LogP contribution in [-0.2, 0) is 33.3 Å². The van der Waals surface area contributed by atoms with Crippen molar-refractivity contribution in [2.75, 3.05) is 25.0 Å². The lowest BCUT2D eigenvalue weighted by Gasteiger charge is -2.32. The minimum Gasteiger partial charge on any atom is -0.357 e. The molecule has 1 saturated heterocycles. The minimum absolute atomic E-state index is 0.0741. The van der Waals surface area contributed by atoms with Gasteiger partial charge < -0.3 is 4.90 Å². The second kappa shape index (κ2) is 15.4. The monoisotopic (exact) mass is 710 g/mol. The van der Waals surface area contributed by atoms with Crippen molar-refractivity contribution in [3.8, 4) is 5.69 Å². The Morgan fingerprint density at radius 3 is 1.85 bits per heavy atom. The molecule has 2 aromatic heterocycles. The van der Waals surface area contributed by atoms with E-state index in [0.29, 0.717) is 5.92 Å². The number of rotatable bonds is 4. The van der Waals surface area contributed by atoms with Gasteiger partial charge in [-0.1, -0.05) is 54.1 Å². The van der Waals surface area contributed by atoms with E-state index in [-0.39, 0.29) is 9.79 Å². The molecule has 252 valence electrons. The summed E-state index contributed by atoms with van der Waals surface area (Å²) in [5.41, 5.74) is 2.39. The summed E-state index contributed by atoms with van der Waals surface area (Å²) in [7, 11) is -5.89. The second-order valence-electron chi connectivity index (χ2n) is 11.3. The molecule has 0 unspecified atom stereocenters. The van der Waals surface area contributed by atoms with Crippen LogP contribution in [0.2, 0.25) is 5.02 Å². The van der Waals surface area contributed by atoms with Gasteiger partial charge in [-0.05, 0) is 80.1 Å². The zero-order chi connectivity index (χ0) is 34.3. The first-order chi connectivity index (χ1) is 22.9. The molecule has 15 heteroatoms. The van der Waals surface area contributed by atoms with Crippen molar-refractivity contribution < 1.29 is 25.9 Å². The molecular weight excluding hydrogens is 676 g/mol. The Morgan fingerprint density at radius 2 is 1.33 bits per heavy atom. The van der Waals surface area contributed by atoms with Crippen molar-refractivity contribution in [2.45, 2.75) is 41.6 Å². The number of fused-ring (bicyclic) bond motifs is 3. The first-order valence-corrected chi connectivity index (χ1v) is 18.3. The Morgan fingerprint density at radius 1 is 0.750 bits per heavy atom. The van der Waals surface area contributed by atoms with Gasteiger partial charge in [0.2, 0.25) is 0 Å². The van der Waals surface area contributed by atoms with E-state index in [2.05, 4.69) is 54.8 Å². The fraction of sp³-hybridized carbons (Fsp3) is 0.242. The smallest absolute Gasteiger partial charge is 0.294 e. The summed E-state index contributed by atoms with van der Waals surface area (Å²) in [4.78, 5) is 8.96. The number of pyridine rings is 1. The van der Waals surface area contributed by atoms with E-state index in [4.69, 9.17) is 20.7 Å². The molecule has 5 aromatic rings. The SMILES string of the molecule is CN1Cc2cc(Cl)ccc2-n2c(nnc2C2CCN(c3ccccn3)CC2)C1.O=S(=O)(O)c1ccccc1.O=S(=O)(O)c1ccccc1. The highest BCUT2D eigenvalue weighted by Crippen LogP contribution is 2.34. The molecule has 7 rings (SSSR count). The highest BCUT2D eigenvalue weighted by atomic mass is 35.5. The number of halogens is 1. The second-order valence-corrected chi connectivity index (χ2v) is 14.6. The number of aromatic nitrogens is 4. The number of nitrogens with zero attached hydrogens (tertiary/aromatic N) is 6. The van der Waals surface area contributed by atoms with Crippen LogP contribution in [0.4, 0.5) is 5.82 Å². The maximum absolute atomic E-state index is 10.4. The van der Waals surface area contributed by atoms with Gasteiger partial charge in [-0.2, -0.15) is 16.8 Å². The van der Waals surface area contributed by atoms with Gasteiger partial charge in [-0.3, -0.25) is 18.6 Å². The third-order valence-corrected chi connectivity index (χ3v) is 9.78. The first-order valence-electron chi connectivity index (χ1n) is 15.0. The number of anilines is 1. The topological polar surface area (TPSA) is 159 Å². The molecule has 2 aliphatic rings. The fourth-order valence-electron chi connectivity index (χ4n) is 5.54. The number of hydrogen-bond donors (Lipinski definition) is 2. The first kappa shape index (κ1) is 35.1. The zero-order valence-electron chi connectivity index (χ0n) is 26.0. The summed E-state index contributed by atoms with van der Waals surface area (Å²) in [6.45, 7) is 3.61. The van der Waals surface area contributed by atoms with Gasteiger partial charge >= 0.3 is 0 Å². The van der Waals surface area contributed by atoms with Crippen LogP contribution < -0.4 is 4.90 Å². The Balaban J connectivity index is 0.000000184. The quantitative estimate of drug-likeness (QED) is 0.227. The summed E-state index contributed by atoms with van der Waals surface area (Å²) in [5.74, 6) is 3.54. The van der Waals surface area contributed by atoms with Crippen LogP contribution in [0.5, 0.6) is 0 Å². The van der Waals surface area contributed by atoms with Gasteiger partial charge in [0.15, 0.2) is 5.82 Å². The van der Waals surface area contributed by atoms with Crippen molar-refractivity contribution in [1.82, 2.24) is 24.6 Å². The Bertz CT molecular complexity index is 1960. The van der Waals surface area contributed by atoms with Crippen molar-refractivity contribution in [1.29, 1.82) is 0 Å². The highest BCUT2D eigenvalue weighted by Gasteiger charge is 2.29. The van der Waals surface area contributed by atoms with Crippen LogP contribution in [0.1, 0.15) is 36.0 Å². The largest absolute Gasteiger partial charge is 0.357 e. The molecule has 2 N–H and O–H groups in total. The molecule has 3 aromatic carbocycles. The average molecular weight is 711 g/mol. The van der Waals surface area contributed by atoms with Crippen molar-refractivity contribution in [2.24, 2.45) is 0 Å². The van der Waals surface area contributed by atoms with Gasteiger partial charge in [0.1, 0.15) is 11.6 Å². The maximum atomic E-state index is 10.4. The molecule has 0 amide bonds. The third-order valence-electron chi connectivity index (χ3n) is 7.80. The zero-order valence-corrected chi connectivity index (χ0v) is 28.4. The molecule has 12 nitrogen and oxygen atoms in total. The number of hydrogen-bond acceptors (Lipinski definition) is 9. The van der Waals surface area contributed by atoms with E-state index in [1.165, 1.54) is 29.8 Å². The van der Waals surface area contributed by atoms with Crippen LogP contribution >= 0.6 is 11.6 Å². The van der Waals surface area contributed by atoms with Crippen molar-refractivity contribution in [3.63, 3.8) is 0 Å². The van der Waals surface area contributed by atoms with E-state index >= 15 is 0 Å². The lowest BCUT2D eigenvalue weighted by Crippen LogP contribution is -2.34. The van der Waals surface area contributed by atoms with E-state index in [1.807, 2.05) is 24.4 Å². The molecule has 48 heavy (non-hydrogen) atoms. The lowest BCUT2D eigenvalue weighted by atomic mass is 9.95. The molecule has 0 atom stereocenters. The Kier molecular flexibility index (Phi) is 11.2. The van der Waals surface area contributed by atoms with Gasteiger partial charge in [0.25, 0.3) is 20.2 Å². The molecular formula is C33H35ClN6O6S2. The molecule has 0 spiro atoms. The summed E-state index contributed by atoms with van der Waals surface area (Å²) < 4.78 is 60.8. The molecule has 0 saturated carbocycles. The molecule has 0 radical (unpaired) electrons. The third kappa shape index (κ3) is 9.04. The summed E-state index contributed by atoms with van der Waals surface area (Å²) in [6.07, 6.45) is 3.96. The number of piperidine rings is 1. The molecule has 4 heterocycles. The Labute approximate surface area is 285 Å². The van der Waals surface area contributed by atoms with Crippen LogP contribution in [0, 0.1) is 0 Å². The van der Waals surface area contributed by atoms with Gasteiger partial charge in [-0.15, -0.1) is 10.2 Å². The number of benzene rings is 3. The lowest BCUT2D eigenvalue weighted by molar-refractivity contribution is 0.315. The van der Waals surface area contributed by atoms with Crippen LogP contribution in [-0.4, -0.2) is 70.7 Å². The van der Waals surface area contributed by atoms with E-state index < -0.39 is 20.2 Å². The van der Waals surface area contributed by atoms with Gasteiger partial charge in [0, 0.05) is 36.8 Å². The summed E-state index contributed by atoms with van der Waals surface area (Å²) in [6, 6.07) is 27.1. The summed E-state index contributed by atoms with van der Waals surface area (Å²) >= 11 is 6.27. The van der Waals surface area contributed by atoms with Crippen molar-refractivity contribution in [3.05, 3.63) is 125 Å². The van der Waals surface area contributed by atoms with Gasteiger partial charge in [-0.25, -0.2) is 4.98 Å². The molecule has 1 fully saturated rings. The molecule has 2 aliphatic heterocycles. The maximum Gasteiger partial charge on any atom is 0.294 e. The predicted molar refractivity (Wildman–Crippen MR) is 182 cm³/mol.